The number of carbonyl (C=O) groups is 10. The molecule has 0 saturated carbocycles. The normalized spacial score (nSPS) is 18.0. The van der Waals surface area contributed by atoms with Crippen molar-refractivity contribution in [3.05, 3.63) is 69.4 Å². The van der Waals surface area contributed by atoms with Gasteiger partial charge in [0.1, 0.15) is 17.8 Å². The Morgan fingerprint density at radius 3 is 1.91 bits per heavy atom. The van der Waals surface area contributed by atoms with Crippen LogP contribution in [0.1, 0.15) is 60.9 Å². The fourth-order valence-electron chi connectivity index (χ4n) is 11.0. The monoisotopic (exact) mass is 1400 g/mol. The molecule has 0 aliphatic carbocycles. The van der Waals surface area contributed by atoms with Crippen LogP contribution in [0, 0.1) is 3.57 Å². The molecule has 92 heavy (non-hydrogen) atoms. The molecule has 3 aromatic rings. The van der Waals surface area contributed by atoms with Gasteiger partial charge in [0.2, 0.25) is 29.5 Å². The number of aliphatic carboxylic acids is 3. The molecule has 0 spiro atoms. The first-order valence-electron chi connectivity index (χ1n) is 30.6. The van der Waals surface area contributed by atoms with E-state index in [-0.39, 0.29) is 136 Å². The predicted octanol–water partition coefficient (Wildman–Crippen LogP) is 0.346. The van der Waals surface area contributed by atoms with E-state index in [1.54, 1.807) is 37.8 Å². The summed E-state index contributed by atoms with van der Waals surface area (Å²) in [6, 6.07) is 10.9. The summed E-state index contributed by atoms with van der Waals surface area (Å²) in [6.45, 7) is 0.745. The molecule has 0 radical (unpaired) electrons. The van der Waals surface area contributed by atoms with Gasteiger partial charge in [-0.3, -0.25) is 82.4 Å². The van der Waals surface area contributed by atoms with Crippen LogP contribution in [0.4, 0.5) is 8.78 Å². The lowest BCUT2D eigenvalue weighted by molar-refractivity contribution is -0.147. The zero-order chi connectivity index (χ0) is 66.7. The molecule has 4 heterocycles. The second kappa shape index (κ2) is 37.2. The van der Waals surface area contributed by atoms with E-state index in [0.29, 0.717) is 55.5 Å². The maximum atomic E-state index is 14.5. The number of hydrogen-bond acceptors (Lipinski definition) is 19. The molecule has 504 valence electrons. The number of likely N-dealkylation sites (tertiary alicyclic amines) is 1. The molecule has 28 nitrogen and oxygen atoms in total. The Hall–Kier alpha value is -7.59. The van der Waals surface area contributed by atoms with E-state index in [1.807, 2.05) is 24.3 Å². The number of aryl methyl sites for hydroxylation is 1. The molecule has 0 unspecified atom stereocenters. The van der Waals surface area contributed by atoms with E-state index in [9.17, 15) is 72.0 Å². The summed E-state index contributed by atoms with van der Waals surface area (Å²) < 4.78 is 40.5. The number of rotatable bonds is 31. The van der Waals surface area contributed by atoms with E-state index < -0.39 is 103 Å². The number of amides is 6. The molecule has 6 amide bonds. The lowest BCUT2D eigenvalue weighted by atomic mass is 10.1. The molecule has 3 atom stereocenters. The number of carboxylic acids is 3. The van der Waals surface area contributed by atoms with Crippen molar-refractivity contribution in [3.63, 3.8) is 0 Å². The number of alkyl halides is 2. The van der Waals surface area contributed by atoms with Crippen molar-refractivity contribution in [1.82, 2.24) is 60.6 Å². The minimum Gasteiger partial charge on any atom is -0.494 e. The third kappa shape index (κ3) is 25.1. The quantitative estimate of drug-likeness (QED) is 0.0198. The minimum absolute atomic E-state index is 0.0162. The summed E-state index contributed by atoms with van der Waals surface area (Å²) in [5, 5.41) is 40.3. The summed E-state index contributed by atoms with van der Waals surface area (Å²) in [4.78, 5) is 150. The standard InChI is InChI=1S/C61H84F2IN13O15/c1-65-35-44-34-61(62,63)41-77(44)53(80)36-68-58(88)46-15-17-66-48-14-13-45(32-47(46)48)92-31-5-18-71-27-29-76(30-28-71)60(90)50(33-57(87)91-2)70-59(89)49(7-4-16-67-51(78)8-3-6-42-9-11-43(64)12-10-42)69-52(79)37-72-19-21-73(38-54(81)82)23-25-75(40-56(85)86)26-24-74(22-20-72)39-55(83)84/h9-15,17,32,35,44,49-50H,3-8,16,18-31,33-34,36-41H2,1-2H3,(H,67,78)(H,68,88)(H,69,79)(H,70,89)(H,81,82)(H,83,84)(H,85,86)/t44-,49+,50+/m1/s1. The number of aromatic nitrogens is 1. The summed E-state index contributed by atoms with van der Waals surface area (Å²) in [5.41, 5.74) is 1.77. The van der Waals surface area contributed by atoms with Crippen molar-refractivity contribution in [2.75, 3.05) is 152 Å². The number of esters is 1. The average Bonchev–Trinajstić information content (AvgIpc) is 1.26. The fraction of sp³-hybridized carbons (Fsp3) is 0.574. The Balaban J connectivity index is 1.06. The maximum Gasteiger partial charge on any atom is 0.317 e. The second-order valence-electron chi connectivity index (χ2n) is 22.9. The highest BCUT2D eigenvalue weighted by Gasteiger charge is 2.46. The van der Waals surface area contributed by atoms with Crippen molar-refractivity contribution in [2.45, 2.75) is 75.4 Å². The molecule has 6 rings (SSSR count). The molecular weight excluding hydrogens is 1320 g/mol. The Bertz CT molecular complexity index is 3020. The molecule has 3 aliphatic heterocycles. The van der Waals surface area contributed by atoms with Crippen LogP contribution in [0.5, 0.6) is 5.75 Å². The minimum atomic E-state index is -3.08. The highest BCUT2D eigenvalue weighted by molar-refractivity contribution is 14.1. The molecular formula is C61H84F2IN13O15. The van der Waals surface area contributed by atoms with Gasteiger partial charge in [0.15, 0.2) is 0 Å². The van der Waals surface area contributed by atoms with E-state index in [2.05, 4.69) is 58.7 Å². The second-order valence-corrected chi connectivity index (χ2v) is 24.1. The zero-order valence-corrected chi connectivity index (χ0v) is 54.1. The van der Waals surface area contributed by atoms with Gasteiger partial charge in [-0.25, -0.2) is 8.78 Å². The fourth-order valence-corrected chi connectivity index (χ4v) is 11.4. The summed E-state index contributed by atoms with van der Waals surface area (Å²) in [5.74, 6) is -10.2. The number of hydrogen-bond donors (Lipinski definition) is 7. The maximum absolute atomic E-state index is 14.5. The van der Waals surface area contributed by atoms with Gasteiger partial charge in [0, 0.05) is 133 Å². The zero-order valence-electron chi connectivity index (χ0n) is 51.9. The number of carboxylic acid groups (broad SMARTS) is 3. The number of halogens is 3. The van der Waals surface area contributed by atoms with Gasteiger partial charge in [0.05, 0.1) is 76.5 Å². The molecule has 3 fully saturated rings. The van der Waals surface area contributed by atoms with Gasteiger partial charge >= 0.3 is 23.9 Å². The number of benzene rings is 2. The lowest BCUT2D eigenvalue weighted by Crippen LogP contribution is -2.58. The third-order valence-corrected chi connectivity index (χ3v) is 16.6. The number of carbonyl (C=O) groups excluding carboxylic acids is 7. The van der Waals surface area contributed by atoms with E-state index in [0.717, 1.165) is 21.1 Å². The Morgan fingerprint density at radius 1 is 0.728 bits per heavy atom. The summed E-state index contributed by atoms with van der Waals surface area (Å²) in [7, 11) is 2.57. The summed E-state index contributed by atoms with van der Waals surface area (Å²) >= 11 is 2.22. The third-order valence-electron chi connectivity index (χ3n) is 15.9. The average molecular weight is 1400 g/mol. The smallest absolute Gasteiger partial charge is 0.317 e. The SMILES string of the molecule is CN=C[C@H]1CC(F)(F)CN1C(=O)CNC(=O)c1ccnc2ccc(OCCCN3CCN(C(=O)[C@H](CC(=O)OC)NC(=O)[C@H](CCCNC(=O)CCCc4ccc(I)cc4)NC(=O)CN4CCN(CC(=O)O)CCN(CC(=O)O)CCN(CC(=O)O)CC4)CC3)cc12. The van der Waals surface area contributed by atoms with Gasteiger partial charge < -0.3 is 55.9 Å². The first kappa shape index (κ1) is 73.5. The number of nitrogens with one attached hydrogen (secondary N) is 4. The van der Waals surface area contributed by atoms with Crippen LogP contribution in [0.15, 0.2) is 59.7 Å². The Morgan fingerprint density at radius 2 is 1.33 bits per heavy atom. The number of aliphatic imine (C=N–C) groups is 1. The summed E-state index contributed by atoms with van der Waals surface area (Å²) in [6.07, 6.45) is 3.91. The lowest BCUT2D eigenvalue weighted by Gasteiger charge is -2.36. The number of fused-ring (bicyclic) bond motifs is 1. The molecule has 0 bridgehead atoms. The molecule has 7 N–H and O–H groups in total. The van der Waals surface area contributed by atoms with Crippen molar-refractivity contribution < 1.29 is 81.5 Å². The number of piperazine rings is 1. The Labute approximate surface area is 545 Å². The van der Waals surface area contributed by atoms with Crippen LogP contribution < -0.4 is 26.0 Å². The van der Waals surface area contributed by atoms with Gasteiger partial charge in [-0.2, -0.15) is 0 Å². The van der Waals surface area contributed by atoms with Gasteiger partial charge in [-0.1, -0.05) is 12.1 Å². The number of nitrogens with zero attached hydrogens (tertiary/aromatic N) is 9. The first-order valence-corrected chi connectivity index (χ1v) is 31.7. The highest BCUT2D eigenvalue weighted by atomic mass is 127. The number of methoxy groups -OCH3 is 1. The van der Waals surface area contributed by atoms with Crippen molar-refractivity contribution >= 4 is 99.0 Å². The van der Waals surface area contributed by atoms with Crippen LogP contribution in [-0.2, 0) is 54.3 Å². The van der Waals surface area contributed by atoms with Crippen molar-refractivity contribution in [2.24, 2.45) is 4.99 Å². The van der Waals surface area contributed by atoms with Crippen LogP contribution in [-0.4, -0.2) is 296 Å². The van der Waals surface area contributed by atoms with Crippen LogP contribution in [0.25, 0.3) is 10.9 Å². The molecule has 31 heteroatoms. The molecule has 3 saturated heterocycles. The molecule has 3 aliphatic rings. The van der Waals surface area contributed by atoms with Crippen LogP contribution >= 0.6 is 22.6 Å². The van der Waals surface area contributed by atoms with Crippen LogP contribution in [0.3, 0.4) is 0 Å². The Kier molecular flexibility index (Phi) is 29.7. The predicted molar refractivity (Wildman–Crippen MR) is 340 cm³/mol. The van der Waals surface area contributed by atoms with Crippen LogP contribution in [0.2, 0.25) is 0 Å². The van der Waals surface area contributed by atoms with E-state index in [1.165, 1.54) is 30.4 Å². The largest absolute Gasteiger partial charge is 0.494 e. The van der Waals surface area contributed by atoms with Gasteiger partial charge in [-0.05, 0) is 96.7 Å². The molecule has 2 aromatic carbocycles. The number of pyridine rings is 1. The molecule has 1 aromatic heterocycles. The first-order chi connectivity index (χ1) is 44.0. The highest BCUT2D eigenvalue weighted by Crippen LogP contribution is 2.31. The van der Waals surface area contributed by atoms with Gasteiger partial charge in [0.25, 0.3) is 11.8 Å². The van der Waals surface area contributed by atoms with E-state index >= 15 is 0 Å². The van der Waals surface area contributed by atoms with Gasteiger partial charge in [-0.15, -0.1) is 0 Å². The topological polar surface area (TPSA) is 346 Å². The van der Waals surface area contributed by atoms with E-state index in [4.69, 9.17) is 9.47 Å². The number of ether oxygens (including phenoxy) is 2. The van der Waals surface area contributed by atoms with Crippen molar-refractivity contribution in [3.8, 4) is 5.75 Å². The van der Waals surface area contributed by atoms with Crippen molar-refractivity contribution in [1.29, 1.82) is 0 Å².